The molecule has 0 aromatic heterocycles. The van der Waals surface area contributed by atoms with Crippen molar-refractivity contribution < 1.29 is 18.0 Å². The summed E-state index contributed by atoms with van der Waals surface area (Å²) in [6.07, 6.45) is 2.25. The number of carbonyl (C=O) groups is 2. The van der Waals surface area contributed by atoms with Crippen LogP contribution in [0.3, 0.4) is 0 Å². The molecule has 0 radical (unpaired) electrons. The second-order valence-electron chi connectivity index (χ2n) is 5.18. The van der Waals surface area contributed by atoms with E-state index in [1.54, 1.807) is 24.3 Å². The van der Waals surface area contributed by atoms with Crippen molar-refractivity contribution in [3.63, 3.8) is 0 Å². The van der Waals surface area contributed by atoms with Crippen LogP contribution in [0.5, 0.6) is 0 Å². The van der Waals surface area contributed by atoms with E-state index in [4.69, 9.17) is 0 Å². The third-order valence-electron chi connectivity index (χ3n) is 3.55. The lowest BCUT2D eigenvalue weighted by atomic mass is 10.1. The molecule has 2 N–H and O–H groups in total. The zero-order valence-corrected chi connectivity index (χ0v) is 13.3. The van der Waals surface area contributed by atoms with Gasteiger partial charge in [-0.15, -0.1) is 0 Å². The Labute approximate surface area is 129 Å². The number of rotatable bonds is 4. The molecule has 1 unspecified atom stereocenters. The first kappa shape index (κ1) is 16.4. The number of sulfonamides is 1. The minimum Gasteiger partial charge on any atom is -0.355 e. The number of amides is 2. The summed E-state index contributed by atoms with van der Waals surface area (Å²) in [4.78, 5) is 23.9. The molecular formula is C14H19N3O4S. The second kappa shape index (κ2) is 6.45. The molecule has 8 heteroatoms. The maximum atomic E-state index is 12.3. The van der Waals surface area contributed by atoms with Crippen molar-refractivity contribution in [3.05, 3.63) is 29.8 Å². The fourth-order valence-corrected chi connectivity index (χ4v) is 3.63. The largest absolute Gasteiger partial charge is 0.355 e. The quantitative estimate of drug-likeness (QED) is 0.838. The molecule has 0 aliphatic carbocycles. The Morgan fingerprint density at radius 1 is 1.32 bits per heavy atom. The molecule has 0 spiro atoms. The molecule has 1 aliphatic rings. The van der Waals surface area contributed by atoms with Gasteiger partial charge in [-0.05, 0) is 31.0 Å². The standard InChI is InChI=1S/C14H19N3O4S/c1-15-13(18)10-5-3-6-11(9-10)16-14(19)12-7-4-8-17(12)22(2,20)21/h3,5-6,9,12H,4,7-8H2,1-2H3,(H,15,18)(H,16,19). The van der Waals surface area contributed by atoms with Crippen LogP contribution in [0.25, 0.3) is 0 Å². The summed E-state index contributed by atoms with van der Waals surface area (Å²) in [5.41, 5.74) is 0.887. The minimum absolute atomic E-state index is 0.255. The number of carbonyl (C=O) groups excluding carboxylic acids is 2. The lowest BCUT2D eigenvalue weighted by Gasteiger charge is -2.21. The van der Waals surface area contributed by atoms with Crippen LogP contribution in [-0.4, -0.2) is 50.4 Å². The average Bonchev–Trinajstić information content (AvgIpc) is 2.96. The number of nitrogens with one attached hydrogen (secondary N) is 2. The lowest BCUT2D eigenvalue weighted by molar-refractivity contribution is -0.119. The molecular weight excluding hydrogens is 306 g/mol. The molecule has 0 bridgehead atoms. The molecule has 2 amide bonds. The van der Waals surface area contributed by atoms with E-state index < -0.39 is 16.1 Å². The number of nitrogens with zero attached hydrogens (tertiary/aromatic N) is 1. The molecule has 1 aromatic carbocycles. The molecule has 120 valence electrons. The van der Waals surface area contributed by atoms with Crippen LogP contribution in [0, 0.1) is 0 Å². The van der Waals surface area contributed by atoms with Crippen molar-refractivity contribution in [2.24, 2.45) is 0 Å². The lowest BCUT2D eigenvalue weighted by Crippen LogP contribution is -2.42. The minimum atomic E-state index is -3.41. The van der Waals surface area contributed by atoms with E-state index in [1.807, 2.05) is 0 Å². The SMILES string of the molecule is CNC(=O)c1cccc(NC(=O)C2CCCN2S(C)(=O)=O)c1. The van der Waals surface area contributed by atoms with Gasteiger partial charge < -0.3 is 10.6 Å². The number of anilines is 1. The van der Waals surface area contributed by atoms with E-state index in [9.17, 15) is 18.0 Å². The fourth-order valence-electron chi connectivity index (χ4n) is 2.51. The summed E-state index contributed by atoms with van der Waals surface area (Å²) in [6.45, 7) is 0.356. The normalized spacial score (nSPS) is 18.9. The van der Waals surface area contributed by atoms with Crippen molar-refractivity contribution >= 4 is 27.5 Å². The van der Waals surface area contributed by atoms with E-state index in [0.29, 0.717) is 30.6 Å². The van der Waals surface area contributed by atoms with Gasteiger partial charge in [0.2, 0.25) is 15.9 Å². The van der Waals surface area contributed by atoms with Gasteiger partial charge in [0.05, 0.1) is 6.26 Å². The molecule has 1 saturated heterocycles. The van der Waals surface area contributed by atoms with E-state index in [1.165, 1.54) is 11.4 Å². The Hall–Kier alpha value is -1.93. The summed E-state index contributed by atoms with van der Waals surface area (Å²) >= 11 is 0. The Morgan fingerprint density at radius 3 is 2.68 bits per heavy atom. The van der Waals surface area contributed by atoms with E-state index in [0.717, 1.165) is 6.26 Å². The first-order valence-electron chi connectivity index (χ1n) is 6.93. The molecule has 7 nitrogen and oxygen atoms in total. The Bertz CT molecular complexity index is 687. The van der Waals surface area contributed by atoms with Crippen LogP contribution in [0.15, 0.2) is 24.3 Å². The molecule has 1 aliphatic heterocycles. The van der Waals surface area contributed by atoms with Crippen molar-refractivity contribution in [3.8, 4) is 0 Å². The monoisotopic (exact) mass is 325 g/mol. The fraction of sp³-hybridized carbons (Fsp3) is 0.429. The van der Waals surface area contributed by atoms with Gasteiger partial charge in [-0.3, -0.25) is 9.59 Å². The van der Waals surface area contributed by atoms with Gasteiger partial charge in [0, 0.05) is 24.8 Å². The van der Waals surface area contributed by atoms with Crippen molar-refractivity contribution in [2.45, 2.75) is 18.9 Å². The third kappa shape index (κ3) is 3.63. The molecule has 1 heterocycles. The van der Waals surface area contributed by atoms with Gasteiger partial charge in [-0.1, -0.05) is 6.07 Å². The summed E-state index contributed by atoms with van der Waals surface area (Å²) in [7, 11) is -1.88. The highest BCUT2D eigenvalue weighted by atomic mass is 32.2. The zero-order valence-electron chi connectivity index (χ0n) is 12.5. The number of benzene rings is 1. The van der Waals surface area contributed by atoms with Crippen LogP contribution < -0.4 is 10.6 Å². The van der Waals surface area contributed by atoms with Crippen LogP contribution in [0.1, 0.15) is 23.2 Å². The topological polar surface area (TPSA) is 95.6 Å². The van der Waals surface area contributed by atoms with Gasteiger partial charge in [0.25, 0.3) is 5.91 Å². The Morgan fingerprint density at radius 2 is 2.05 bits per heavy atom. The zero-order chi connectivity index (χ0) is 16.3. The first-order chi connectivity index (χ1) is 10.3. The maximum absolute atomic E-state index is 12.3. The molecule has 22 heavy (non-hydrogen) atoms. The van der Waals surface area contributed by atoms with Crippen LogP contribution in [0.4, 0.5) is 5.69 Å². The molecule has 2 rings (SSSR count). The second-order valence-corrected chi connectivity index (χ2v) is 7.12. The van der Waals surface area contributed by atoms with Crippen molar-refractivity contribution in [2.75, 3.05) is 25.2 Å². The summed E-state index contributed by atoms with van der Waals surface area (Å²) in [5, 5.41) is 5.18. The molecule has 1 fully saturated rings. The Kier molecular flexibility index (Phi) is 4.82. The van der Waals surface area contributed by atoms with Crippen molar-refractivity contribution in [1.82, 2.24) is 9.62 Å². The number of hydrogen-bond donors (Lipinski definition) is 2. The number of hydrogen-bond acceptors (Lipinski definition) is 4. The summed E-state index contributed by atoms with van der Waals surface area (Å²) in [6, 6.07) is 5.80. The highest BCUT2D eigenvalue weighted by Crippen LogP contribution is 2.22. The third-order valence-corrected chi connectivity index (χ3v) is 4.84. The van der Waals surface area contributed by atoms with Gasteiger partial charge >= 0.3 is 0 Å². The smallest absolute Gasteiger partial charge is 0.251 e. The predicted octanol–water partition coefficient (Wildman–Crippen LogP) is 0.409. The van der Waals surface area contributed by atoms with Gasteiger partial charge in [0.1, 0.15) is 6.04 Å². The van der Waals surface area contributed by atoms with Crippen LogP contribution >= 0.6 is 0 Å². The van der Waals surface area contributed by atoms with E-state index in [-0.39, 0.29) is 11.8 Å². The van der Waals surface area contributed by atoms with Crippen LogP contribution in [-0.2, 0) is 14.8 Å². The highest BCUT2D eigenvalue weighted by molar-refractivity contribution is 7.88. The van der Waals surface area contributed by atoms with Gasteiger partial charge in [-0.25, -0.2) is 8.42 Å². The molecule has 0 saturated carbocycles. The molecule has 1 aromatic rings. The Balaban J connectivity index is 2.14. The predicted molar refractivity (Wildman–Crippen MR) is 83.0 cm³/mol. The molecule has 1 atom stereocenters. The van der Waals surface area contributed by atoms with E-state index >= 15 is 0 Å². The highest BCUT2D eigenvalue weighted by Gasteiger charge is 2.36. The van der Waals surface area contributed by atoms with Gasteiger partial charge in [0.15, 0.2) is 0 Å². The summed E-state index contributed by atoms with van der Waals surface area (Å²) in [5.74, 6) is -0.633. The first-order valence-corrected chi connectivity index (χ1v) is 8.77. The summed E-state index contributed by atoms with van der Waals surface area (Å²) < 4.78 is 24.6. The van der Waals surface area contributed by atoms with E-state index in [2.05, 4.69) is 10.6 Å². The maximum Gasteiger partial charge on any atom is 0.251 e. The van der Waals surface area contributed by atoms with Crippen LogP contribution in [0.2, 0.25) is 0 Å². The van der Waals surface area contributed by atoms with Gasteiger partial charge in [-0.2, -0.15) is 4.31 Å². The van der Waals surface area contributed by atoms with Crippen molar-refractivity contribution in [1.29, 1.82) is 0 Å². The average molecular weight is 325 g/mol.